The number of aryl methyl sites for hydroxylation is 1. The maximum atomic E-state index is 12.8. The average molecular weight is 344 g/mol. The highest BCUT2D eigenvalue weighted by Gasteiger charge is 2.28. The van der Waals surface area contributed by atoms with Crippen LogP contribution in [0.3, 0.4) is 0 Å². The minimum atomic E-state index is -2.72. The van der Waals surface area contributed by atoms with Crippen LogP contribution in [0.4, 0.5) is 8.78 Å². The van der Waals surface area contributed by atoms with Crippen molar-refractivity contribution in [3.8, 4) is 0 Å². The van der Waals surface area contributed by atoms with E-state index in [0.717, 1.165) is 4.68 Å². The molecular formula is C9H11F2IN2O2. The van der Waals surface area contributed by atoms with Crippen molar-refractivity contribution >= 4 is 28.6 Å². The minimum Gasteiger partial charge on any atom is -0.480 e. The zero-order chi connectivity index (χ0) is 12.5. The molecule has 0 saturated heterocycles. The Morgan fingerprint density at radius 3 is 2.56 bits per heavy atom. The summed E-state index contributed by atoms with van der Waals surface area (Å²) in [6, 6.07) is -1.04. The number of halogens is 3. The molecule has 1 aromatic rings. The molecular weight excluding hydrogens is 333 g/mol. The van der Waals surface area contributed by atoms with Crippen LogP contribution in [0.2, 0.25) is 0 Å². The molecule has 0 aromatic carbocycles. The Labute approximate surface area is 105 Å². The highest BCUT2D eigenvalue weighted by molar-refractivity contribution is 14.1. The van der Waals surface area contributed by atoms with Crippen molar-refractivity contribution in [1.82, 2.24) is 9.78 Å². The molecule has 1 atom stereocenters. The number of carbonyl (C=O) groups is 1. The average Bonchev–Trinajstić information content (AvgIpc) is 2.43. The highest BCUT2D eigenvalue weighted by Crippen LogP contribution is 2.29. The van der Waals surface area contributed by atoms with Gasteiger partial charge in [0.1, 0.15) is 11.7 Å². The van der Waals surface area contributed by atoms with Crippen LogP contribution in [0.1, 0.15) is 37.2 Å². The molecule has 0 radical (unpaired) electrons. The summed E-state index contributed by atoms with van der Waals surface area (Å²) in [7, 11) is 0. The maximum Gasteiger partial charge on any atom is 0.328 e. The van der Waals surface area contributed by atoms with Crippen LogP contribution in [0.5, 0.6) is 0 Å². The molecule has 4 nitrogen and oxygen atoms in total. The minimum absolute atomic E-state index is 0.215. The van der Waals surface area contributed by atoms with E-state index < -0.39 is 18.4 Å². The Hall–Kier alpha value is -0.730. The Balaban J connectivity index is 3.32. The van der Waals surface area contributed by atoms with E-state index in [9.17, 15) is 13.6 Å². The van der Waals surface area contributed by atoms with Crippen LogP contribution in [0, 0.1) is 10.5 Å². The third kappa shape index (κ3) is 2.33. The predicted octanol–water partition coefficient (Wildman–Crippen LogP) is 2.77. The zero-order valence-electron chi connectivity index (χ0n) is 8.75. The van der Waals surface area contributed by atoms with Gasteiger partial charge in [-0.25, -0.2) is 18.3 Å². The number of hydrogen-bond donors (Lipinski definition) is 1. The van der Waals surface area contributed by atoms with Crippen LogP contribution in [-0.2, 0) is 4.79 Å². The molecule has 16 heavy (non-hydrogen) atoms. The van der Waals surface area contributed by atoms with Crippen LogP contribution in [-0.4, -0.2) is 20.9 Å². The van der Waals surface area contributed by atoms with Crippen molar-refractivity contribution in [1.29, 1.82) is 0 Å². The van der Waals surface area contributed by atoms with Crippen molar-refractivity contribution in [3.63, 3.8) is 0 Å². The lowest BCUT2D eigenvalue weighted by molar-refractivity contribution is -0.141. The Morgan fingerprint density at radius 1 is 1.62 bits per heavy atom. The molecule has 0 bridgehead atoms. The number of nitrogens with zero attached hydrogens (tertiary/aromatic N) is 2. The number of carboxylic acid groups (broad SMARTS) is 1. The summed E-state index contributed by atoms with van der Waals surface area (Å²) >= 11 is 1.76. The summed E-state index contributed by atoms with van der Waals surface area (Å²) in [6.07, 6.45) is -2.51. The molecule has 0 aliphatic rings. The monoisotopic (exact) mass is 344 g/mol. The van der Waals surface area contributed by atoms with E-state index in [1.54, 1.807) is 36.4 Å². The fraction of sp³-hybridized carbons (Fsp3) is 0.556. The van der Waals surface area contributed by atoms with Gasteiger partial charge in [-0.2, -0.15) is 5.10 Å². The summed E-state index contributed by atoms with van der Waals surface area (Å²) in [5, 5.41) is 12.8. The van der Waals surface area contributed by atoms with Crippen molar-refractivity contribution in [3.05, 3.63) is 15.0 Å². The number of hydrogen-bond acceptors (Lipinski definition) is 2. The summed E-state index contributed by atoms with van der Waals surface area (Å²) < 4.78 is 26.9. The van der Waals surface area contributed by atoms with Crippen molar-refractivity contribution in [2.75, 3.05) is 0 Å². The molecule has 7 heteroatoms. The van der Waals surface area contributed by atoms with Crippen LogP contribution in [0.25, 0.3) is 0 Å². The molecule has 0 unspecified atom stereocenters. The summed E-state index contributed by atoms with van der Waals surface area (Å²) in [5.74, 6) is -1.15. The second kappa shape index (κ2) is 5.07. The fourth-order valence-electron chi connectivity index (χ4n) is 1.43. The Bertz CT molecular complexity index is 406. The SMILES string of the molecule is CC[C@@H](C(=O)O)n1nc(C)c(I)c1C(F)F. The molecule has 0 aliphatic carbocycles. The molecule has 0 spiro atoms. The van der Waals surface area contributed by atoms with E-state index in [0.29, 0.717) is 9.26 Å². The van der Waals surface area contributed by atoms with Crippen molar-refractivity contribution in [2.45, 2.75) is 32.7 Å². The lowest BCUT2D eigenvalue weighted by Crippen LogP contribution is -2.21. The van der Waals surface area contributed by atoms with E-state index in [2.05, 4.69) is 5.10 Å². The first-order valence-electron chi connectivity index (χ1n) is 4.65. The number of carboxylic acids is 1. The molecule has 1 rings (SSSR count). The molecule has 0 amide bonds. The Kier molecular flexibility index (Phi) is 4.22. The number of rotatable bonds is 4. The van der Waals surface area contributed by atoms with Gasteiger partial charge >= 0.3 is 5.97 Å². The van der Waals surface area contributed by atoms with Crippen molar-refractivity contribution < 1.29 is 18.7 Å². The second-order valence-corrected chi connectivity index (χ2v) is 4.37. The van der Waals surface area contributed by atoms with Crippen LogP contribution in [0.15, 0.2) is 0 Å². The molecule has 0 aliphatic heterocycles. The van der Waals surface area contributed by atoms with Gasteiger partial charge in [0, 0.05) is 0 Å². The molecule has 1 aromatic heterocycles. The van der Waals surface area contributed by atoms with E-state index in [4.69, 9.17) is 5.11 Å². The van der Waals surface area contributed by atoms with Gasteiger partial charge in [-0.1, -0.05) is 6.92 Å². The van der Waals surface area contributed by atoms with E-state index in [1.807, 2.05) is 0 Å². The standard InChI is InChI=1S/C9H11F2IN2O2/c1-3-5(9(15)16)14-7(8(10)11)6(12)4(2)13-14/h5,8H,3H2,1-2H3,(H,15,16)/t5-/m0/s1. The first-order valence-corrected chi connectivity index (χ1v) is 5.73. The van der Waals surface area contributed by atoms with Gasteiger partial charge in [-0.15, -0.1) is 0 Å². The molecule has 1 heterocycles. The highest BCUT2D eigenvalue weighted by atomic mass is 127. The summed E-state index contributed by atoms with van der Waals surface area (Å²) in [5.41, 5.74) is 0.114. The first-order chi connectivity index (χ1) is 7.40. The number of aliphatic carboxylic acids is 1. The topological polar surface area (TPSA) is 55.1 Å². The normalized spacial score (nSPS) is 13.1. The smallest absolute Gasteiger partial charge is 0.328 e. The molecule has 1 N–H and O–H groups in total. The van der Waals surface area contributed by atoms with Crippen LogP contribution >= 0.6 is 22.6 Å². The van der Waals surface area contributed by atoms with Crippen LogP contribution < -0.4 is 0 Å². The molecule has 0 saturated carbocycles. The first kappa shape index (κ1) is 13.3. The van der Waals surface area contributed by atoms with Gasteiger partial charge < -0.3 is 5.11 Å². The van der Waals surface area contributed by atoms with Gasteiger partial charge in [0.05, 0.1) is 9.26 Å². The van der Waals surface area contributed by atoms with Gasteiger partial charge in [0.25, 0.3) is 6.43 Å². The van der Waals surface area contributed by atoms with E-state index in [-0.39, 0.29) is 12.1 Å². The Morgan fingerprint density at radius 2 is 2.19 bits per heavy atom. The van der Waals surface area contributed by atoms with E-state index in [1.165, 1.54) is 0 Å². The largest absolute Gasteiger partial charge is 0.480 e. The van der Waals surface area contributed by atoms with Gasteiger partial charge in [0.2, 0.25) is 0 Å². The number of alkyl halides is 2. The third-order valence-electron chi connectivity index (χ3n) is 2.22. The third-order valence-corrected chi connectivity index (χ3v) is 3.55. The maximum absolute atomic E-state index is 12.8. The lowest BCUT2D eigenvalue weighted by atomic mass is 10.2. The predicted molar refractivity (Wildman–Crippen MR) is 61.6 cm³/mol. The van der Waals surface area contributed by atoms with E-state index >= 15 is 0 Å². The number of aromatic nitrogens is 2. The lowest BCUT2D eigenvalue weighted by Gasteiger charge is -2.13. The molecule has 90 valence electrons. The summed E-state index contributed by atoms with van der Waals surface area (Å²) in [6.45, 7) is 3.20. The molecule has 0 fully saturated rings. The van der Waals surface area contributed by atoms with Gasteiger partial charge in [-0.3, -0.25) is 0 Å². The summed E-state index contributed by atoms with van der Waals surface area (Å²) in [4.78, 5) is 10.9. The quantitative estimate of drug-likeness (QED) is 0.855. The zero-order valence-corrected chi connectivity index (χ0v) is 10.9. The van der Waals surface area contributed by atoms with Crippen molar-refractivity contribution in [2.24, 2.45) is 0 Å². The fourth-order valence-corrected chi connectivity index (χ4v) is 2.02. The second-order valence-electron chi connectivity index (χ2n) is 3.29. The van der Waals surface area contributed by atoms with Gasteiger partial charge in [-0.05, 0) is 35.9 Å². The van der Waals surface area contributed by atoms with Gasteiger partial charge in [0.15, 0.2) is 0 Å².